The third kappa shape index (κ3) is 3.57. The summed E-state index contributed by atoms with van der Waals surface area (Å²) in [6.45, 7) is 1.50. The zero-order valence-corrected chi connectivity index (χ0v) is 10.7. The molecule has 0 unspecified atom stereocenters. The molecule has 0 saturated heterocycles. The first-order chi connectivity index (χ1) is 9.79. The van der Waals surface area contributed by atoms with E-state index in [-0.39, 0.29) is 23.0 Å². The number of hydrogen-bond acceptors (Lipinski definition) is 5. The molecule has 21 heavy (non-hydrogen) atoms. The van der Waals surface area contributed by atoms with Crippen LogP contribution in [-0.4, -0.2) is 9.97 Å². The van der Waals surface area contributed by atoms with E-state index < -0.39 is 17.8 Å². The fourth-order valence-electron chi connectivity index (χ4n) is 1.48. The highest BCUT2D eigenvalue weighted by atomic mass is 19.4. The van der Waals surface area contributed by atoms with Gasteiger partial charge in [0, 0.05) is 6.07 Å². The molecule has 9 heteroatoms. The largest absolute Gasteiger partial charge is 0.451 e. The molecule has 1 aromatic heterocycles. The minimum atomic E-state index is -4.75. The van der Waals surface area contributed by atoms with Crippen LogP contribution in [0.25, 0.3) is 0 Å². The molecule has 0 bridgehead atoms. The van der Waals surface area contributed by atoms with E-state index in [2.05, 4.69) is 9.97 Å². The first-order valence-electron chi connectivity index (χ1n) is 5.66. The van der Waals surface area contributed by atoms with Crippen LogP contribution in [0.5, 0.6) is 11.6 Å². The van der Waals surface area contributed by atoms with Crippen LogP contribution in [-0.2, 0) is 6.18 Å². The Bertz CT molecular complexity index is 660. The van der Waals surface area contributed by atoms with Crippen molar-refractivity contribution in [2.24, 2.45) is 5.84 Å². The van der Waals surface area contributed by atoms with Crippen LogP contribution in [0.3, 0.4) is 0 Å². The lowest BCUT2D eigenvalue weighted by Gasteiger charge is -2.11. The summed E-state index contributed by atoms with van der Waals surface area (Å²) in [7, 11) is 0. The van der Waals surface area contributed by atoms with Crippen LogP contribution in [0.1, 0.15) is 11.4 Å². The molecule has 2 aromatic rings. The zero-order valence-electron chi connectivity index (χ0n) is 10.7. The highest BCUT2D eigenvalue weighted by Gasteiger charge is 2.35. The maximum Gasteiger partial charge on any atom is 0.451 e. The smallest absolute Gasteiger partial charge is 0.439 e. The summed E-state index contributed by atoms with van der Waals surface area (Å²) in [4.78, 5) is 6.44. The van der Waals surface area contributed by atoms with Gasteiger partial charge < -0.3 is 10.2 Å². The van der Waals surface area contributed by atoms with Crippen LogP contribution >= 0.6 is 0 Å². The summed E-state index contributed by atoms with van der Waals surface area (Å²) in [5.74, 6) is 2.73. The third-order valence-electron chi connectivity index (χ3n) is 2.46. The Morgan fingerprint density at radius 2 is 1.90 bits per heavy atom. The van der Waals surface area contributed by atoms with Gasteiger partial charge in [-0.3, -0.25) is 0 Å². The highest BCUT2D eigenvalue weighted by molar-refractivity contribution is 5.40. The fourth-order valence-corrected chi connectivity index (χ4v) is 1.48. The second kappa shape index (κ2) is 5.52. The normalized spacial score (nSPS) is 11.3. The predicted octanol–water partition coefficient (Wildman–Crippen LogP) is 3.02. The van der Waals surface area contributed by atoms with E-state index in [0.29, 0.717) is 0 Å². The first kappa shape index (κ1) is 15.0. The molecule has 0 spiro atoms. The molecule has 1 heterocycles. The van der Waals surface area contributed by atoms with Crippen molar-refractivity contribution in [2.45, 2.75) is 13.1 Å². The van der Waals surface area contributed by atoms with E-state index in [1.54, 1.807) is 0 Å². The van der Waals surface area contributed by atoms with Gasteiger partial charge in [0.05, 0.1) is 0 Å². The molecule has 0 aliphatic carbocycles. The second-order valence-corrected chi connectivity index (χ2v) is 4.07. The Kier molecular flexibility index (Phi) is 3.94. The number of halogens is 4. The number of hydrogen-bond donors (Lipinski definition) is 2. The highest BCUT2D eigenvalue weighted by Crippen LogP contribution is 2.30. The maximum absolute atomic E-state index is 13.1. The molecule has 0 radical (unpaired) electrons. The van der Waals surface area contributed by atoms with Gasteiger partial charge in [0.1, 0.15) is 17.4 Å². The summed E-state index contributed by atoms with van der Waals surface area (Å²) in [5, 5.41) is 0. The molecule has 0 aliphatic heterocycles. The first-order valence-corrected chi connectivity index (χ1v) is 5.66. The van der Waals surface area contributed by atoms with Gasteiger partial charge >= 0.3 is 6.18 Å². The van der Waals surface area contributed by atoms with E-state index in [9.17, 15) is 17.6 Å². The Hall–Kier alpha value is -2.42. The summed E-state index contributed by atoms with van der Waals surface area (Å²) in [5.41, 5.74) is 2.28. The summed E-state index contributed by atoms with van der Waals surface area (Å²) in [6.07, 6.45) is -4.75. The lowest BCUT2D eigenvalue weighted by Crippen LogP contribution is -2.16. The quantitative estimate of drug-likeness (QED) is 0.518. The van der Waals surface area contributed by atoms with E-state index in [1.807, 2.05) is 5.43 Å². The van der Waals surface area contributed by atoms with Crippen LogP contribution < -0.4 is 16.0 Å². The third-order valence-corrected chi connectivity index (χ3v) is 2.46. The maximum atomic E-state index is 13.1. The van der Waals surface area contributed by atoms with Gasteiger partial charge in [-0.2, -0.15) is 18.2 Å². The van der Waals surface area contributed by atoms with Crippen molar-refractivity contribution in [2.75, 3.05) is 5.43 Å². The average molecular weight is 302 g/mol. The average Bonchev–Trinajstić information content (AvgIpc) is 2.41. The number of alkyl halides is 3. The number of benzene rings is 1. The van der Waals surface area contributed by atoms with Crippen molar-refractivity contribution in [3.8, 4) is 11.6 Å². The number of nitrogens with one attached hydrogen (secondary N) is 1. The molecule has 3 N–H and O–H groups in total. The van der Waals surface area contributed by atoms with Crippen molar-refractivity contribution in [1.29, 1.82) is 0 Å². The van der Waals surface area contributed by atoms with Crippen LogP contribution in [0, 0.1) is 12.7 Å². The molecule has 2 rings (SSSR count). The van der Waals surface area contributed by atoms with Crippen LogP contribution in [0.2, 0.25) is 0 Å². The molecule has 0 atom stereocenters. The van der Waals surface area contributed by atoms with Gasteiger partial charge in [-0.15, -0.1) is 0 Å². The van der Waals surface area contributed by atoms with Gasteiger partial charge in [0.2, 0.25) is 11.7 Å². The number of nitrogens with zero attached hydrogens (tertiary/aromatic N) is 2. The van der Waals surface area contributed by atoms with E-state index in [1.165, 1.54) is 19.1 Å². The molecule has 112 valence electrons. The number of rotatable bonds is 3. The number of anilines is 1. The number of nitrogens with two attached hydrogens (primary N) is 1. The molecule has 0 fully saturated rings. The van der Waals surface area contributed by atoms with Crippen molar-refractivity contribution in [1.82, 2.24) is 9.97 Å². The summed E-state index contributed by atoms with van der Waals surface area (Å²) >= 11 is 0. The number of hydrazine groups is 1. The molecular weight excluding hydrogens is 292 g/mol. The zero-order chi connectivity index (χ0) is 15.6. The fraction of sp³-hybridized carbons (Fsp3) is 0.167. The van der Waals surface area contributed by atoms with E-state index in [0.717, 1.165) is 12.1 Å². The van der Waals surface area contributed by atoms with Crippen LogP contribution in [0.4, 0.5) is 23.4 Å². The number of nitrogen functional groups attached to an aromatic ring is 1. The van der Waals surface area contributed by atoms with E-state index in [4.69, 9.17) is 10.6 Å². The standard InChI is InChI=1S/C12H10F4N4O/c1-6-4-7(2-3-8(6)13)21-10-5-9(20-17)18-11(19-10)12(14,15)16/h2-5H,17H2,1H3,(H,18,19,20). The molecule has 0 amide bonds. The van der Waals surface area contributed by atoms with Gasteiger partial charge in [-0.25, -0.2) is 15.2 Å². The Morgan fingerprint density at radius 1 is 1.19 bits per heavy atom. The topological polar surface area (TPSA) is 73.1 Å². The van der Waals surface area contributed by atoms with Crippen LogP contribution in [0.15, 0.2) is 24.3 Å². The van der Waals surface area contributed by atoms with Crippen molar-refractivity contribution in [3.63, 3.8) is 0 Å². The number of aryl methyl sites for hydroxylation is 1. The molecule has 1 aromatic carbocycles. The van der Waals surface area contributed by atoms with E-state index >= 15 is 0 Å². The van der Waals surface area contributed by atoms with Gasteiger partial charge in [-0.05, 0) is 30.7 Å². The van der Waals surface area contributed by atoms with Crippen molar-refractivity contribution >= 4 is 5.82 Å². The Balaban J connectivity index is 2.36. The monoisotopic (exact) mass is 302 g/mol. The summed E-state index contributed by atoms with van der Waals surface area (Å²) in [6, 6.07) is 4.83. The molecule has 0 saturated carbocycles. The minimum absolute atomic E-state index is 0.142. The second-order valence-electron chi connectivity index (χ2n) is 4.07. The lowest BCUT2D eigenvalue weighted by atomic mass is 10.2. The predicted molar refractivity (Wildman–Crippen MR) is 66.1 cm³/mol. The lowest BCUT2D eigenvalue weighted by molar-refractivity contribution is -0.145. The Morgan fingerprint density at radius 3 is 2.48 bits per heavy atom. The van der Waals surface area contributed by atoms with Gasteiger partial charge in [0.25, 0.3) is 0 Å². The summed E-state index contributed by atoms with van der Waals surface area (Å²) < 4.78 is 56.2. The SMILES string of the molecule is Cc1cc(Oc2cc(NN)nc(C(F)(F)F)n2)ccc1F. The van der Waals surface area contributed by atoms with Crippen molar-refractivity contribution in [3.05, 3.63) is 41.5 Å². The van der Waals surface area contributed by atoms with Crippen molar-refractivity contribution < 1.29 is 22.3 Å². The Labute approximate surface area is 116 Å². The minimum Gasteiger partial charge on any atom is -0.439 e. The molecular formula is C12H10F4N4O. The molecule has 5 nitrogen and oxygen atoms in total. The van der Waals surface area contributed by atoms with Gasteiger partial charge in [-0.1, -0.05) is 0 Å². The number of aromatic nitrogens is 2. The molecule has 0 aliphatic rings. The van der Waals surface area contributed by atoms with Gasteiger partial charge in [0.15, 0.2) is 0 Å². The number of ether oxygens (including phenoxy) is 1.